The zero-order valence-electron chi connectivity index (χ0n) is 12.5. The zero-order valence-corrected chi connectivity index (χ0v) is 12.5. The van der Waals surface area contributed by atoms with Crippen molar-refractivity contribution < 1.29 is 0 Å². The topological polar surface area (TPSA) is 32.5 Å². The maximum absolute atomic E-state index is 6.20. The number of hydrogen-bond acceptors (Lipinski definition) is 3. The van der Waals surface area contributed by atoms with Crippen LogP contribution in [0.1, 0.15) is 46.0 Å². The van der Waals surface area contributed by atoms with Gasteiger partial charge in [0.25, 0.3) is 0 Å². The third-order valence-corrected chi connectivity index (χ3v) is 5.37. The lowest BCUT2D eigenvalue weighted by atomic mass is 9.74. The van der Waals surface area contributed by atoms with Crippen molar-refractivity contribution in [3.05, 3.63) is 0 Å². The molecule has 1 aliphatic carbocycles. The molecule has 1 saturated carbocycles. The second kappa shape index (κ2) is 5.89. The molecule has 0 aromatic rings. The summed E-state index contributed by atoms with van der Waals surface area (Å²) in [6.45, 7) is 9.18. The van der Waals surface area contributed by atoms with Crippen LogP contribution in [-0.4, -0.2) is 54.6 Å². The van der Waals surface area contributed by atoms with Gasteiger partial charge in [0, 0.05) is 37.8 Å². The SMILES string of the molecule is CCC1CN(C2(CN)CCCC(C)C2)CCN1C. The van der Waals surface area contributed by atoms with E-state index in [0.717, 1.165) is 18.5 Å². The number of piperazine rings is 1. The Bertz CT molecular complexity index is 268. The van der Waals surface area contributed by atoms with Gasteiger partial charge in [-0.05, 0) is 32.2 Å². The minimum Gasteiger partial charge on any atom is -0.329 e. The molecule has 3 heteroatoms. The van der Waals surface area contributed by atoms with E-state index in [1.807, 2.05) is 0 Å². The lowest BCUT2D eigenvalue weighted by Crippen LogP contribution is -2.63. The molecule has 3 atom stereocenters. The molecule has 2 aliphatic rings. The van der Waals surface area contributed by atoms with Gasteiger partial charge in [0.15, 0.2) is 0 Å². The molecule has 0 spiro atoms. The summed E-state index contributed by atoms with van der Waals surface area (Å²) >= 11 is 0. The van der Waals surface area contributed by atoms with E-state index in [1.54, 1.807) is 0 Å². The third kappa shape index (κ3) is 2.73. The van der Waals surface area contributed by atoms with E-state index in [-0.39, 0.29) is 0 Å². The molecular formula is C15H31N3. The maximum atomic E-state index is 6.20. The summed E-state index contributed by atoms with van der Waals surface area (Å²) in [5.74, 6) is 0.849. The second-order valence-corrected chi connectivity index (χ2v) is 6.62. The molecule has 3 nitrogen and oxygen atoms in total. The number of nitrogens with two attached hydrogens (primary N) is 1. The molecule has 1 aliphatic heterocycles. The van der Waals surface area contributed by atoms with Gasteiger partial charge in [-0.15, -0.1) is 0 Å². The van der Waals surface area contributed by atoms with Crippen LogP contribution in [0.5, 0.6) is 0 Å². The van der Waals surface area contributed by atoms with Gasteiger partial charge >= 0.3 is 0 Å². The highest BCUT2D eigenvalue weighted by Crippen LogP contribution is 2.37. The summed E-state index contributed by atoms with van der Waals surface area (Å²) in [4.78, 5) is 5.25. The fraction of sp³-hybridized carbons (Fsp3) is 1.00. The maximum Gasteiger partial charge on any atom is 0.0335 e. The highest BCUT2D eigenvalue weighted by atomic mass is 15.3. The van der Waals surface area contributed by atoms with Crippen LogP contribution in [0.25, 0.3) is 0 Å². The Morgan fingerprint density at radius 1 is 1.33 bits per heavy atom. The molecule has 2 rings (SSSR count). The Labute approximate surface area is 113 Å². The summed E-state index contributed by atoms with van der Waals surface area (Å²) < 4.78 is 0. The number of hydrogen-bond donors (Lipinski definition) is 1. The summed E-state index contributed by atoms with van der Waals surface area (Å²) in [7, 11) is 2.27. The lowest BCUT2D eigenvalue weighted by molar-refractivity contribution is -0.0171. The minimum atomic E-state index is 0.312. The average Bonchev–Trinajstić information content (AvgIpc) is 2.39. The van der Waals surface area contributed by atoms with Crippen LogP contribution in [0, 0.1) is 5.92 Å². The van der Waals surface area contributed by atoms with Gasteiger partial charge in [-0.1, -0.05) is 26.7 Å². The Hall–Kier alpha value is -0.120. The standard InChI is InChI=1S/C15H31N3/c1-4-14-11-18(9-8-17(14)3)15(12-16)7-5-6-13(2)10-15/h13-14H,4-12,16H2,1-3H3. The molecule has 0 amide bonds. The Morgan fingerprint density at radius 2 is 2.11 bits per heavy atom. The van der Waals surface area contributed by atoms with Crippen molar-refractivity contribution in [2.45, 2.75) is 57.5 Å². The van der Waals surface area contributed by atoms with Crippen molar-refractivity contribution in [3.8, 4) is 0 Å². The Balaban J connectivity index is 2.07. The van der Waals surface area contributed by atoms with Gasteiger partial charge in [-0.2, -0.15) is 0 Å². The van der Waals surface area contributed by atoms with Gasteiger partial charge in [0.2, 0.25) is 0 Å². The first kappa shape index (κ1) is 14.3. The molecule has 0 bridgehead atoms. The van der Waals surface area contributed by atoms with Crippen molar-refractivity contribution in [2.24, 2.45) is 11.7 Å². The fourth-order valence-electron chi connectivity index (χ4n) is 4.05. The third-order valence-electron chi connectivity index (χ3n) is 5.37. The van der Waals surface area contributed by atoms with E-state index in [1.165, 1.54) is 51.7 Å². The summed E-state index contributed by atoms with van der Waals surface area (Å²) in [5, 5.41) is 0. The van der Waals surface area contributed by atoms with E-state index >= 15 is 0 Å². The van der Waals surface area contributed by atoms with Gasteiger partial charge in [-0.3, -0.25) is 4.90 Å². The first-order valence-corrected chi connectivity index (χ1v) is 7.76. The smallest absolute Gasteiger partial charge is 0.0335 e. The van der Waals surface area contributed by atoms with Crippen LogP contribution >= 0.6 is 0 Å². The summed E-state index contributed by atoms with van der Waals surface area (Å²) in [6.07, 6.45) is 6.63. The number of rotatable bonds is 3. The minimum absolute atomic E-state index is 0.312. The van der Waals surface area contributed by atoms with Gasteiger partial charge in [0.05, 0.1) is 0 Å². The van der Waals surface area contributed by atoms with Crippen molar-refractivity contribution in [3.63, 3.8) is 0 Å². The number of likely N-dealkylation sites (N-methyl/N-ethyl adjacent to an activating group) is 1. The second-order valence-electron chi connectivity index (χ2n) is 6.62. The van der Waals surface area contributed by atoms with Gasteiger partial charge < -0.3 is 10.6 Å². The Morgan fingerprint density at radius 3 is 2.72 bits per heavy atom. The molecule has 106 valence electrons. The molecule has 3 unspecified atom stereocenters. The molecule has 0 radical (unpaired) electrons. The highest BCUT2D eigenvalue weighted by molar-refractivity contribution is 4.98. The van der Waals surface area contributed by atoms with E-state index < -0.39 is 0 Å². The highest BCUT2D eigenvalue weighted by Gasteiger charge is 2.41. The molecule has 18 heavy (non-hydrogen) atoms. The van der Waals surface area contributed by atoms with Crippen molar-refractivity contribution >= 4 is 0 Å². The molecule has 1 saturated heterocycles. The van der Waals surface area contributed by atoms with Crippen LogP contribution in [0.4, 0.5) is 0 Å². The Kier molecular flexibility index (Phi) is 4.68. The van der Waals surface area contributed by atoms with E-state index in [0.29, 0.717) is 5.54 Å². The zero-order chi connectivity index (χ0) is 13.2. The average molecular weight is 253 g/mol. The van der Waals surface area contributed by atoms with Gasteiger partial charge in [0.1, 0.15) is 0 Å². The monoisotopic (exact) mass is 253 g/mol. The quantitative estimate of drug-likeness (QED) is 0.834. The molecule has 2 fully saturated rings. The molecule has 2 N–H and O–H groups in total. The van der Waals surface area contributed by atoms with Crippen molar-refractivity contribution in [1.82, 2.24) is 9.80 Å². The summed E-state index contributed by atoms with van der Waals surface area (Å²) in [5.41, 5.74) is 6.51. The molecular weight excluding hydrogens is 222 g/mol. The van der Waals surface area contributed by atoms with Crippen LogP contribution in [0.15, 0.2) is 0 Å². The molecule has 0 aromatic carbocycles. The van der Waals surface area contributed by atoms with Crippen LogP contribution in [0.3, 0.4) is 0 Å². The van der Waals surface area contributed by atoms with E-state index in [2.05, 4.69) is 30.7 Å². The lowest BCUT2D eigenvalue weighted by Gasteiger charge is -2.52. The predicted octanol–water partition coefficient (Wildman–Crippen LogP) is 1.92. The van der Waals surface area contributed by atoms with Gasteiger partial charge in [-0.25, -0.2) is 0 Å². The van der Waals surface area contributed by atoms with Crippen molar-refractivity contribution in [2.75, 3.05) is 33.2 Å². The summed E-state index contributed by atoms with van der Waals surface area (Å²) in [6, 6.07) is 0.722. The van der Waals surface area contributed by atoms with E-state index in [4.69, 9.17) is 5.73 Å². The first-order chi connectivity index (χ1) is 8.61. The normalized spacial score (nSPS) is 40.0. The van der Waals surface area contributed by atoms with Crippen LogP contribution < -0.4 is 5.73 Å². The predicted molar refractivity (Wildman–Crippen MR) is 77.7 cm³/mol. The number of nitrogens with zero attached hydrogens (tertiary/aromatic N) is 2. The van der Waals surface area contributed by atoms with E-state index in [9.17, 15) is 0 Å². The van der Waals surface area contributed by atoms with Crippen LogP contribution in [-0.2, 0) is 0 Å². The molecule has 0 aromatic heterocycles. The first-order valence-electron chi connectivity index (χ1n) is 7.76. The molecule has 1 heterocycles. The van der Waals surface area contributed by atoms with Crippen molar-refractivity contribution in [1.29, 1.82) is 0 Å². The van der Waals surface area contributed by atoms with Crippen LogP contribution in [0.2, 0.25) is 0 Å². The largest absolute Gasteiger partial charge is 0.329 e. The fourth-order valence-corrected chi connectivity index (χ4v) is 4.05.